The van der Waals surface area contributed by atoms with Crippen LogP contribution < -0.4 is 10.6 Å². The Morgan fingerprint density at radius 1 is 1.28 bits per heavy atom. The Hall–Kier alpha value is -0.900. The normalized spacial score (nSPS) is 11.6. The van der Waals surface area contributed by atoms with E-state index in [-0.39, 0.29) is 0 Å². The second kappa shape index (κ2) is 6.88. The van der Waals surface area contributed by atoms with E-state index in [0.717, 1.165) is 5.56 Å². The van der Waals surface area contributed by atoms with Gasteiger partial charge in [-0.3, -0.25) is 4.57 Å². The SMILES string of the molecule is CCNc1ncc(C)cc1P(=O)(OCC)OCC. The number of anilines is 1. The van der Waals surface area contributed by atoms with Crippen LogP contribution in [0.15, 0.2) is 12.3 Å². The molecule has 102 valence electrons. The van der Waals surface area contributed by atoms with Gasteiger partial charge in [0.25, 0.3) is 0 Å². The molecule has 1 aromatic heterocycles. The van der Waals surface area contributed by atoms with Crippen LogP contribution in [-0.2, 0) is 13.6 Å². The third-order valence-corrected chi connectivity index (χ3v) is 4.37. The molecule has 0 unspecified atom stereocenters. The predicted octanol–water partition coefficient (Wildman–Crippen LogP) is 2.71. The quantitative estimate of drug-likeness (QED) is 0.773. The van der Waals surface area contributed by atoms with Gasteiger partial charge in [-0.25, -0.2) is 4.98 Å². The molecule has 0 atom stereocenters. The van der Waals surface area contributed by atoms with Crippen molar-refractivity contribution >= 4 is 18.7 Å². The molecule has 0 radical (unpaired) electrons. The number of nitrogens with one attached hydrogen (secondary N) is 1. The van der Waals surface area contributed by atoms with Gasteiger partial charge in [-0.2, -0.15) is 0 Å². The first-order chi connectivity index (χ1) is 8.57. The van der Waals surface area contributed by atoms with Crippen molar-refractivity contribution in [3.63, 3.8) is 0 Å². The van der Waals surface area contributed by atoms with Crippen LogP contribution in [0.1, 0.15) is 26.3 Å². The van der Waals surface area contributed by atoms with Gasteiger partial charge in [0.2, 0.25) is 0 Å². The van der Waals surface area contributed by atoms with E-state index in [9.17, 15) is 4.57 Å². The molecule has 0 amide bonds. The lowest BCUT2D eigenvalue weighted by atomic mass is 10.3. The monoisotopic (exact) mass is 272 g/mol. The van der Waals surface area contributed by atoms with Crippen molar-refractivity contribution in [1.82, 2.24) is 4.98 Å². The maximum atomic E-state index is 12.7. The Balaban J connectivity index is 3.24. The minimum absolute atomic E-state index is 0.330. The molecule has 1 N–H and O–H groups in total. The number of nitrogens with zero attached hydrogens (tertiary/aromatic N) is 1. The zero-order valence-corrected chi connectivity index (χ0v) is 12.3. The molecule has 1 heterocycles. The summed E-state index contributed by atoms with van der Waals surface area (Å²) in [6, 6.07) is 1.80. The fourth-order valence-electron chi connectivity index (χ4n) is 1.58. The lowest BCUT2D eigenvalue weighted by Gasteiger charge is -2.20. The summed E-state index contributed by atoms with van der Waals surface area (Å²) in [6.45, 7) is 8.80. The van der Waals surface area contributed by atoms with E-state index in [1.807, 2.05) is 13.8 Å². The molecule has 6 heteroatoms. The Morgan fingerprint density at radius 3 is 2.39 bits per heavy atom. The molecule has 0 fully saturated rings. The van der Waals surface area contributed by atoms with E-state index in [4.69, 9.17) is 9.05 Å². The van der Waals surface area contributed by atoms with Crippen molar-refractivity contribution in [3.05, 3.63) is 17.8 Å². The van der Waals surface area contributed by atoms with Crippen molar-refractivity contribution in [1.29, 1.82) is 0 Å². The average molecular weight is 272 g/mol. The highest BCUT2D eigenvalue weighted by molar-refractivity contribution is 7.62. The van der Waals surface area contributed by atoms with Gasteiger partial charge in [-0.05, 0) is 39.3 Å². The van der Waals surface area contributed by atoms with Crippen LogP contribution in [0, 0.1) is 6.92 Å². The minimum atomic E-state index is -3.29. The van der Waals surface area contributed by atoms with E-state index >= 15 is 0 Å². The second-order valence-electron chi connectivity index (χ2n) is 3.74. The zero-order valence-electron chi connectivity index (χ0n) is 11.4. The number of hydrogen-bond donors (Lipinski definition) is 1. The summed E-state index contributed by atoms with van der Waals surface area (Å²) in [5.41, 5.74) is 0.922. The van der Waals surface area contributed by atoms with E-state index in [1.165, 1.54) is 0 Å². The van der Waals surface area contributed by atoms with Crippen LogP contribution in [0.5, 0.6) is 0 Å². The first kappa shape index (κ1) is 15.2. The minimum Gasteiger partial charge on any atom is -0.370 e. The number of aryl methyl sites for hydroxylation is 1. The van der Waals surface area contributed by atoms with Crippen LogP contribution in [0.4, 0.5) is 5.82 Å². The molecular formula is C12H21N2O3P. The summed E-state index contributed by atoms with van der Waals surface area (Å²) >= 11 is 0. The van der Waals surface area contributed by atoms with E-state index in [0.29, 0.717) is 30.9 Å². The summed E-state index contributed by atoms with van der Waals surface area (Å²) in [6.07, 6.45) is 1.73. The summed E-state index contributed by atoms with van der Waals surface area (Å²) in [5, 5.41) is 3.59. The number of aromatic nitrogens is 1. The molecule has 0 aromatic carbocycles. The highest BCUT2D eigenvalue weighted by atomic mass is 31.2. The van der Waals surface area contributed by atoms with Crippen molar-refractivity contribution < 1.29 is 13.6 Å². The Kier molecular flexibility index (Phi) is 5.79. The maximum absolute atomic E-state index is 12.7. The fourth-order valence-corrected chi connectivity index (χ4v) is 3.37. The molecule has 0 aliphatic carbocycles. The summed E-state index contributed by atoms with van der Waals surface area (Å²) in [4.78, 5) is 4.26. The van der Waals surface area contributed by atoms with Crippen LogP contribution in [0.3, 0.4) is 0 Å². The van der Waals surface area contributed by atoms with Crippen molar-refractivity contribution in [2.24, 2.45) is 0 Å². The Bertz CT molecular complexity index is 427. The third kappa shape index (κ3) is 3.55. The highest BCUT2D eigenvalue weighted by Gasteiger charge is 2.30. The molecule has 0 aliphatic rings. The molecule has 18 heavy (non-hydrogen) atoms. The van der Waals surface area contributed by atoms with E-state index in [2.05, 4.69) is 10.3 Å². The molecule has 1 aromatic rings. The fraction of sp³-hybridized carbons (Fsp3) is 0.583. The second-order valence-corrected chi connectivity index (χ2v) is 5.74. The molecule has 0 bridgehead atoms. The maximum Gasteiger partial charge on any atom is 0.365 e. The van der Waals surface area contributed by atoms with Gasteiger partial charge in [0.15, 0.2) is 0 Å². The largest absolute Gasteiger partial charge is 0.370 e. The molecule has 0 saturated heterocycles. The van der Waals surface area contributed by atoms with Gasteiger partial charge in [-0.1, -0.05) is 0 Å². The topological polar surface area (TPSA) is 60.5 Å². The van der Waals surface area contributed by atoms with Crippen molar-refractivity contribution in [2.45, 2.75) is 27.7 Å². The van der Waals surface area contributed by atoms with Crippen molar-refractivity contribution in [3.8, 4) is 0 Å². The molecule has 1 rings (SSSR count). The molecular weight excluding hydrogens is 251 g/mol. The van der Waals surface area contributed by atoms with E-state index in [1.54, 1.807) is 26.1 Å². The standard InChI is InChI=1S/C12H21N2O3P/c1-5-13-12-11(8-10(4)9-14-12)18(15,16-6-2)17-7-3/h8-9H,5-7H2,1-4H3,(H,13,14). The van der Waals surface area contributed by atoms with Crippen LogP contribution >= 0.6 is 7.60 Å². The van der Waals surface area contributed by atoms with Crippen LogP contribution in [-0.4, -0.2) is 24.7 Å². The van der Waals surface area contributed by atoms with Gasteiger partial charge >= 0.3 is 7.60 Å². The molecule has 0 aliphatic heterocycles. The van der Waals surface area contributed by atoms with Gasteiger partial charge < -0.3 is 14.4 Å². The van der Waals surface area contributed by atoms with Gasteiger partial charge in [0, 0.05) is 12.7 Å². The zero-order chi connectivity index (χ0) is 13.6. The predicted molar refractivity (Wildman–Crippen MR) is 73.6 cm³/mol. The van der Waals surface area contributed by atoms with Gasteiger partial charge in [0.05, 0.1) is 13.2 Å². The van der Waals surface area contributed by atoms with Gasteiger partial charge in [-0.15, -0.1) is 0 Å². The smallest absolute Gasteiger partial charge is 0.365 e. The molecule has 0 saturated carbocycles. The van der Waals surface area contributed by atoms with Crippen LogP contribution in [0.2, 0.25) is 0 Å². The molecule has 5 nitrogen and oxygen atoms in total. The van der Waals surface area contributed by atoms with Crippen molar-refractivity contribution in [2.75, 3.05) is 25.1 Å². The average Bonchev–Trinajstić information content (AvgIpc) is 2.32. The van der Waals surface area contributed by atoms with E-state index < -0.39 is 7.60 Å². The van der Waals surface area contributed by atoms with Gasteiger partial charge in [0.1, 0.15) is 11.1 Å². The number of hydrogen-bond acceptors (Lipinski definition) is 5. The number of rotatable bonds is 7. The Morgan fingerprint density at radius 2 is 1.89 bits per heavy atom. The summed E-state index contributed by atoms with van der Waals surface area (Å²) in [5.74, 6) is 0.563. The van der Waals surface area contributed by atoms with Crippen LogP contribution in [0.25, 0.3) is 0 Å². The summed E-state index contributed by atoms with van der Waals surface area (Å²) < 4.78 is 23.4. The highest BCUT2D eigenvalue weighted by Crippen LogP contribution is 2.48. The third-order valence-electron chi connectivity index (χ3n) is 2.24. The summed E-state index contributed by atoms with van der Waals surface area (Å²) in [7, 11) is -3.29. The Labute approximate surface area is 108 Å². The molecule has 0 spiro atoms. The number of pyridine rings is 1. The lowest BCUT2D eigenvalue weighted by Crippen LogP contribution is -2.18. The first-order valence-electron chi connectivity index (χ1n) is 6.17. The lowest BCUT2D eigenvalue weighted by molar-refractivity contribution is 0.230. The first-order valence-corrected chi connectivity index (χ1v) is 7.71.